The lowest BCUT2D eigenvalue weighted by atomic mass is 10.0. The number of nitrogens with zero attached hydrogens (tertiary/aromatic N) is 2. The van der Waals surface area contributed by atoms with Crippen LogP contribution in [0.3, 0.4) is 0 Å². The fraction of sp³-hybridized carbons (Fsp3) is 0.318. The number of carbonyl (C=O) groups excluding carboxylic acids is 2. The number of halogens is 1. The molecule has 8 heteroatoms. The van der Waals surface area contributed by atoms with E-state index < -0.39 is 12.1 Å². The number of benzene rings is 2. The SMILES string of the molecule is CN(C[C@@H]1CC(Br)=NO1)C(=O)C(Cc1ccccc1)NC(=O)OCc1ccccc1. The fourth-order valence-electron chi connectivity index (χ4n) is 3.11. The van der Waals surface area contributed by atoms with Gasteiger partial charge in [0, 0.05) is 19.9 Å². The van der Waals surface area contributed by atoms with Crippen molar-refractivity contribution in [2.24, 2.45) is 5.16 Å². The topological polar surface area (TPSA) is 80.2 Å². The van der Waals surface area contributed by atoms with Gasteiger partial charge >= 0.3 is 6.09 Å². The molecule has 0 saturated heterocycles. The first-order chi connectivity index (χ1) is 14.5. The number of nitrogens with one attached hydrogen (secondary N) is 1. The van der Waals surface area contributed by atoms with Crippen LogP contribution in [0.5, 0.6) is 0 Å². The first-order valence-corrected chi connectivity index (χ1v) is 10.4. The fourth-order valence-corrected chi connectivity index (χ4v) is 3.56. The third-order valence-corrected chi connectivity index (χ3v) is 5.10. The lowest BCUT2D eigenvalue weighted by molar-refractivity contribution is -0.133. The van der Waals surface area contributed by atoms with Crippen molar-refractivity contribution in [3.05, 3.63) is 71.8 Å². The normalized spacial score (nSPS) is 16.2. The average Bonchev–Trinajstić information content (AvgIpc) is 3.17. The summed E-state index contributed by atoms with van der Waals surface area (Å²) in [7, 11) is 1.69. The first kappa shape index (κ1) is 21.8. The highest BCUT2D eigenvalue weighted by Crippen LogP contribution is 2.16. The van der Waals surface area contributed by atoms with E-state index in [1.807, 2.05) is 60.7 Å². The molecule has 7 nitrogen and oxygen atoms in total. The zero-order valence-electron chi connectivity index (χ0n) is 16.7. The summed E-state index contributed by atoms with van der Waals surface area (Å²) in [5.74, 6) is -0.220. The minimum Gasteiger partial charge on any atom is -0.445 e. The van der Waals surface area contributed by atoms with Crippen LogP contribution in [-0.4, -0.2) is 47.3 Å². The van der Waals surface area contributed by atoms with Crippen LogP contribution in [0, 0.1) is 0 Å². The van der Waals surface area contributed by atoms with Crippen molar-refractivity contribution in [3.8, 4) is 0 Å². The van der Waals surface area contributed by atoms with Gasteiger partial charge in [-0.3, -0.25) is 4.79 Å². The molecule has 3 rings (SSSR count). The molecule has 2 atom stereocenters. The van der Waals surface area contributed by atoms with Crippen LogP contribution >= 0.6 is 15.9 Å². The molecular formula is C22H24BrN3O4. The van der Waals surface area contributed by atoms with Gasteiger partial charge in [0.25, 0.3) is 0 Å². The average molecular weight is 474 g/mol. The number of alkyl carbamates (subject to hydrolysis) is 1. The van der Waals surface area contributed by atoms with Crippen LogP contribution in [-0.2, 0) is 27.4 Å². The number of carbonyl (C=O) groups is 2. The molecule has 2 aromatic carbocycles. The Labute approximate surface area is 184 Å². The molecule has 1 unspecified atom stereocenters. The molecule has 2 amide bonds. The standard InChI is InChI=1S/C22H24BrN3O4/c1-26(14-18-13-20(23)25-30-18)21(27)19(12-16-8-4-2-5-9-16)24-22(28)29-15-17-10-6-3-7-11-17/h2-11,18-19H,12-15H2,1H3,(H,24,28)/t18-,19?/m0/s1. The summed E-state index contributed by atoms with van der Waals surface area (Å²) in [5, 5.41) is 6.57. The van der Waals surface area contributed by atoms with Crippen LogP contribution in [0.25, 0.3) is 0 Å². The third-order valence-electron chi connectivity index (χ3n) is 4.64. The number of amides is 2. The quantitative estimate of drug-likeness (QED) is 0.636. The number of rotatable bonds is 8. The third kappa shape index (κ3) is 6.59. The monoisotopic (exact) mass is 473 g/mol. The Balaban J connectivity index is 1.61. The molecule has 0 radical (unpaired) electrons. The van der Waals surface area contributed by atoms with Crippen LogP contribution in [0.15, 0.2) is 65.8 Å². The molecule has 1 aliphatic heterocycles. The van der Waals surface area contributed by atoms with Crippen molar-refractivity contribution in [2.75, 3.05) is 13.6 Å². The van der Waals surface area contributed by atoms with Crippen molar-refractivity contribution in [1.29, 1.82) is 0 Å². The summed E-state index contributed by atoms with van der Waals surface area (Å²) in [6, 6.07) is 18.2. The van der Waals surface area contributed by atoms with Gasteiger partial charge < -0.3 is 19.8 Å². The van der Waals surface area contributed by atoms with Crippen molar-refractivity contribution < 1.29 is 19.2 Å². The second-order valence-corrected chi connectivity index (χ2v) is 7.98. The highest BCUT2D eigenvalue weighted by molar-refractivity contribution is 9.18. The maximum absolute atomic E-state index is 13.1. The molecule has 30 heavy (non-hydrogen) atoms. The zero-order chi connectivity index (χ0) is 21.3. The Hall–Kier alpha value is -2.87. The molecule has 1 N–H and O–H groups in total. The number of hydrogen-bond donors (Lipinski definition) is 1. The van der Waals surface area contributed by atoms with E-state index in [9.17, 15) is 9.59 Å². The number of oxime groups is 1. The summed E-state index contributed by atoms with van der Waals surface area (Å²) in [6.45, 7) is 0.500. The molecule has 1 heterocycles. The zero-order valence-corrected chi connectivity index (χ0v) is 18.2. The molecule has 2 aromatic rings. The lowest BCUT2D eigenvalue weighted by Gasteiger charge is -2.26. The molecule has 0 fully saturated rings. The van der Waals surface area contributed by atoms with E-state index in [0.29, 0.717) is 19.4 Å². The van der Waals surface area contributed by atoms with Gasteiger partial charge in [0.1, 0.15) is 17.3 Å². The van der Waals surface area contributed by atoms with Crippen LogP contribution in [0.4, 0.5) is 4.79 Å². The van der Waals surface area contributed by atoms with Gasteiger partial charge in [-0.2, -0.15) is 0 Å². The van der Waals surface area contributed by atoms with E-state index in [2.05, 4.69) is 26.4 Å². The highest BCUT2D eigenvalue weighted by atomic mass is 79.9. The van der Waals surface area contributed by atoms with Gasteiger partial charge in [-0.25, -0.2) is 4.79 Å². The Morgan fingerprint density at radius 3 is 2.40 bits per heavy atom. The number of likely N-dealkylation sites (N-methyl/N-ethyl adjacent to an activating group) is 1. The minimum absolute atomic E-state index is 0.135. The summed E-state index contributed by atoms with van der Waals surface area (Å²) in [5.41, 5.74) is 1.82. The van der Waals surface area contributed by atoms with Crippen molar-refractivity contribution >= 4 is 32.6 Å². The van der Waals surface area contributed by atoms with E-state index >= 15 is 0 Å². The second-order valence-electron chi connectivity index (χ2n) is 7.07. The minimum atomic E-state index is -0.758. The summed E-state index contributed by atoms with van der Waals surface area (Å²) in [6.07, 6.45) is 0.115. The van der Waals surface area contributed by atoms with Crippen LogP contribution < -0.4 is 5.32 Å². The highest BCUT2D eigenvalue weighted by Gasteiger charge is 2.29. The lowest BCUT2D eigenvalue weighted by Crippen LogP contribution is -2.50. The molecule has 0 bridgehead atoms. The largest absolute Gasteiger partial charge is 0.445 e. The molecule has 0 aliphatic carbocycles. The Morgan fingerprint density at radius 1 is 1.17 bits per heavy atom. The van der Waals surface area contributed by atoms with Gasteiger partial charge in [0.05, 0.1) is 6.54 Å². The van der Waals surface area contributed by atoms with Crippen molar-refractivity contribution in [3.63, 3.8) is 0 Å². The van der Waals surface area contributed by atoms with E-state index in [-0.39, 0.29) is 18.6 Å². The second kappa shape index (κ2) is 10.8. The molecule has 158 valence electrons. The maximum atomic E-state index is 13.1. The molecule has 1 aliphatic rings. The molecular weight excluding hydrogens is 450 g/mol. The van der Waals surface area contributed by atoms with Gasteiger partial charge in [-0.15, -0.1) is 0 Å². The number of hydrogen-bond acceptors (Lipinski definition) is 5. The summed E-state index contributed by atoms with van der Waals surface area (Å²) in [4.78, 5) is 32.3. The van der Waals surface area contributed by atoms with Crippen molar-refractivity contribution in [1.82, 2.24) is 10.2 Å². The summed E-state index contributed by atoms with van der Waals surface area (Å²) < 4.78 is 6.02. The van der Waals surface area contributed by atoms with E-state index in [1.165, 1.54) is 0 Å². The maximum Gasteiger partial charge on any atom is 0.408 e. The van der Waals surface area contributed by atoms with E-state index in [0.717, 1.165) is 15.7 Å². The predicted molar refractivity (Wildman–Crippen MR) is 117 cm³/mol. The van der Waals surface area contributed by atoms with Crippen LogP contribution in [0.1, 0.15) is 17.5 Å². The Morgan fingerprint density at radius 2 is 1.80 bits per heavy atom. The van der Waals surface area contributed by atoms with Crippen LogP contribution in [0.2, 0.25) is 0 Å². The van der Waals surface area contributed by atoms with Crippen molar-refractivity contribution in [2.45, 2.75) is 31.6 Å². The van der Waals surface area contributed by atoms with E-state index in [1.54, 1.807) is 11.9 Å². The number of ether oxygens (including phenoxy) is 1. The molecule has 0 spiro atoms. The van der Waals surface area contributed by atoms with Gasteiger partial charge in [-0.05, 0) is 27.1 Å². The Bertz CT molecular complexity index is 876. The van der Waals surface area contributed by atoms with Gasteiger partial charge in [0.2, 0.25) is 5.91 Å². The molecule has 0 aromatic heterocycles. The van der Waals surface area contributed by atoms with Gasteiger partial charge in [0.15, 0.2) is 6.10 Å². The Kier molecular flexibility index (Phi) is 7.84. The summed E-state index contributed by atoms with van der Waals surface area (Å²) >= 11 is 3.30. The predicted octanol–water partition coefficient (Wildman–Crippen LogP) is 3.48. The first-order valence-electron chi connectivity index (χ1n) is 9.65. The molecule has 0 saturated carbocycles. The van der Waals surface area contributed by atoms with E-state index in [4.69, 9.17) is 9.57 Å². The smallest absolute Gasteiger partial charge is 0.408 e. The van der Waals surface area contributed by atoms with Gasteiger partial charge in [-0.1, -0.05) is 65.8 Å².